The summed E-state index contributed by atoms with van der Waals surface area (Å²) in [4.78, 5) is 13.8. The van der Waals surface area contributed by atoms with Crippen molar-refractivity contribution in [2.45, 2.75) is 45.5 Å². The lowest BCUT2D eigenvalue weighted by atomic mass is 9.88. The largest absolute Gasteiger partial charge is 0.485 e. The second-order valence-corrected chi connectivity index (χ2v) is 14.6. The third-order valence-electron chi connectivity index (χ3n) is 9.34. The Hall–Kier alpha value is -4.78. The molecule has 2 aliphatic carbocycles. The predicted octanol–water partition coefficient (Wildman–Crippen LogP) is 6.87. The van der Waals surface area contributed by atoms with Crippen LogP contribution in [0, 0.1) is 18.2 Å². The molecule has 250 valence electrons. The topological polar surface area (TPSA) is 117 Å². The Morgan fingerprint density at radius 3 is 2.56 bits per heavy atom. The van der Waals surface area contributed by atoms with E-state index in [1.807, 2.05) is 6.92 Å². The first kappa shape index (κ1) is 31.8. The summed E-state index contributed by atoms with van der Waals surface area (Å²) >= 11 is 0. The second kappa shape index (κ2) is 12.0. The van der Waals surface area contributed by atoms with E-state index in [0.29, 0.717) is 33.7 Å². The van der Waals surface area contributed by atoms with Gasteiger partial charge < -0.3 is 15.2 Å². The Morgan fingerprint density at radius 1 is 1.06 bits per heavy atom. The first-order valence-electron chi connectivity index (χ1n) is 15.6. The molecule has 0 radical (unpaired) electrons. The first-order chi connectivity index (χ1) is 22.9. The lowest BCUT2D eigenvalue weighted by Gasteiger charge is -2.24. The van der Waals surface area contributed by atoms with Crippen LogP contribution in [0.5, 0.6) is 17.2 Å². The molecule has 1 aliphatic heterocycles. The van der Waals surface area contributed by atoms with Gasteiger partial charge in [-0.1, -0.05) is 25.0 Å². The maximum absolute atomic E-state index is 14.1. The Morgan fingerprint density at radius 2 is 1.83 bits per heavy atom. The zero-order valence-electron chi connectivity index (χ0n) is 26.1. The van der Waals surface area contributed by atoms with Gasteiger partial charge in [-0.2, -0.15) is 5.10 Å². The number of halogens is 3. The van der Waals surface area contributed by atoms with E-state index in [2.05, 4.69) is 5.10 Å². The summed E-state index contributed by atoms with van der Waals surface area (Å²) in [6.45, 7) is 1.18. The average molecular weight is 679 g/mol. The van der Waals surface area contributed by atoms with Gasteiger partial charge in [0.1, 0.15) is 23.9 Å². The monoisotopic (exact) mass is 678 g/mol. The fourth-order valence-electron chi connectivity index (χ4n) is 7.03. The van der Waals surface area contributed by atoms with E-state index in [4.69, 9.17) is 15.2 Å². The molecule has 2 N–H and O–H groups in total. The minimum absolute atomic E-state index is 0.0113. The number of rotatable bonds is 9. The van der Waals surface area contributed by atoms with Crippen molar-refractivity contribution < 1.29 is 35.9 Å². The van der Waals surface area contributed by atoms with Gasteiger partial charge in [0.15, 0.2) is 17.3 Å². The number of fused-ring (bicyclic) bond motifs is 1. The summed E-state index contributed by atoms with van der Waals surface area (Å²) in [5.74, 6) is -0.221. The fourth-order valence-corrected chi connectivity index (χ4v) is 9.25. The summed E-state index contributed by atoms with van der Waals surface area (Å²) in [7, 11) is -3.71. The number of carbonyl (C=O) groups is 1. The molecule has 3 aromatic carbocycles. The lowest BCUT2D eigenvalue weighted by molar-refractivity contribution is 0.0821. The van der Waals surface area contributed by atoms with Gasteiger partial charge in [0.2, 0.25) is 10.0 Å². The van der Waals surface area contributed by atoms with E-state index in [9.17, 15) is 26.4 Å². The molecule has 7 rings (SSSR count). The number of benzene rings is 3. The van der Waals surface area contributed by atoms with Crippen molar-refractivity contribution in [3.8, 4) is 22.9 Å². The number of alkyl halides is 2. The van der Waals surface area contributed by atoms with Crippen LogP contribution in [0.4, 0.5) is 24.7 Å². The molecule has 1 saturated carbocycles. The van der Waals surface area contributed by atoms with Crippen LogP contribution in [0.3, 0.4) is 0 Å². The number of ether oxygens (including phenoxy) is 2. The molecule has 13 heteroatoms. The molecule has 2 heterocycles. The predicted molar refractivity (Wildman–Crippen MR) is 175 cm³/mol. The number of hydrogen-bond donors (Lipinski definition) is 1. The fraction of sp³-hybridized carbons (Fsp3) is 0.314. The van der Waals surface area contributed by atoms with Crippen LogP contribution in [0.15, 0.2) is 66.4 Å². The summed E-state index contributed by atoms with van der Waals surface area (Å²) in [6, 6.07) is 14.3. The van der Waals surface area contributed by atoms with E-state index in [-0.39, 0.29) is 58.5 Å². The molecule has 0 unspecified atom stereocenters. The number of Topliss-reactive ketones (excluding diaryl/α,β-unsaturated/α-hetero) is 1. The first-order valence-corrected chi connectivity index (χ1v) is 17.2. The van der Waals surface area contributed by atoms with Crippen LogP contribution in [-0.4, -0.2) is 49.3 Å². The van der Waals surface area contributed by atoms with Gasteiger partial charge in [0, 0.05) is 24.0 Å². The minimum Gasteiger partial charge on any atom is -0.485 e. The third-order valence-corrected chi connectivity index (χ3v) is 11.3. The summed E-state index contributed by atoms with van der Waals surface area (Å²) in [5.41, 5.74) is 9.41. The van der Waals surface area contributed by atoms with Crippen molar-refractivity contribution in [2.75, 3.05) is 28.9 Å². The Bertz CT molecular complexity index is 2070. The number of para-hydroxylation sites is 1. The van der Waals surface area contributed by atoms with E-state index < -0.39 is 28.9 Å². The zero-order chi connectivity index (χ0) is 33.8. The zero-order valence-corrected chi connectivity index (χ0v) is 26.9. The van der Waals surface area contributed by atoms with Gasteiger partial charge in [0.25, 0.3) is 6.43 Å². The smallest absolute Gasteiger partial charge is 0.272 e. The average Bonchev–Trinajstić information content (AvgIpc) is 3.82. The number of ketones is 1. The number of allylic oxidation sites excluding steroid dienone is 1. The molecular formula is C35H33F3N4O5S. The minimum atomic E-state index is -3.71. The van der Waals surface area contributed by atoms with Crippen LogP contribution in [0.2, 0.25) is 0 Å². The SMILES string of the molecule is Cc1cc(Oc2ccccc2F)ccc1-n1ncc(C(=O)C2=Cc3cc(OCC(F)F)c(N4CC5(CCCC5)CS4(=O)=O)cc3C2)c1N. The normalized spacial score (nSPS) is 17.6. The van der Waals surface area contributed by atoms with Crippen molar-refractivity contribution in [3.63, 3.8) is 0 Å². The lowest BCUT2D eigenvalue weighted by Crippen LogP contribution is -2.28. The molecule has 1 saturated heterocycles. The molecule has 0 atom stereocenters. The van der Waals surface area contributed by atoms with Crippen molar-refractivity contribution in [1.82, 2.24) is 9.78 Å². The van der Waals surface area contributed by atoms with Crippen molar-refractivity contribution in [1.29, 1.82) is 0 Å². The number of nitrogens with zero attached hydrogens (tertiary/aromatic N) is 3. The number of nitrogens with two attached hydrogens (primary N) is 1. The molecule has 1 spiro atoms. The molecule has 3 aliphatic rings. The molecule has 9 nitrogen and oxygen atoms in total. The highest BCUT2D eigenvalue weighted by Crippen LogP contribution is 2.49. The van der Waals surface area contributed by atoms with E-state index in [1.54, 1.807) is 42.5 Å². The number of sulfonamides is 1. The highest BCUT2D eigenvalue weighted by molar-refractivity contribution is 7.93. The van der Waals surface area contributed by atoms with Crippen molar-refractivity contribution in [3.05, 3.63) is 94.4 Å². The Kier molecular flexibility index (Phi) is 7.97. The van der Waals surface area contributed by atoms with E-state index in [0.717, 1.165) is 25.7 Å². The van der Waals surface area contributed by atoms with Gasteiger partial charge in [-0.25, -0.2) is 26.3 Å². The van der Waals surface area contributed by atoms with Crippen LogP contribution in [-0.2, 0) is 16.4 Å². The molecular weight excluding hydrogens is 645 g/mol. The second-order valence-electron chi connectivity index (χ2n) is 12.7. The van der Waals surface area contributed by atoms with Crippen molar-refractivity contribution in [2.24, 2.45) is 5.41 Å². The van der Waals surface area contributed by atoms with Gasteiger partial charge >= 0.3 is 0 Å². The number of aryl methyl sites for hydroxylation is 1. The maximum atomic E-state index is 14.1. The Labute approximate surface area is 275 Å². The van der Waals surface area contributed by atoms with Gasteiger partial charge in [-0.3, -0.25) is 9.10 Å². The quantitative estimate of drug-likeness (QED) is 0.192. The standard InChI is InChI=1S/C35H33F3N4O5S/c1-21-12-25(47-30-7-3-2-6-27(30)36)8-9-28(21)42-34(39)26(17-40-42)33(43)24-13-22-15-29(31(16-23(22)14-24)46-18-32(37)38)41-19-35(10-4-5-11-35)20-48(41,44)45/h2-3,6-9,12,14-17,32H,4-5,10-11,13,18-20,39H2,1H3. The third kappa shape index (κ3) is 5.80. The van der Waals surface area contributed by atoms with Crippen LogP contribution in [0.25, 0.3) is 11.8 Å². The van der Waals surface area contributed by atoms with Crippen molar-refractivity contribution >= 4 is 33.4 Å². The number of anilines is 2. The van der Waals surface area contributed by atoms with Crippen LogP contribution < -0.4 is 19.5 Å². The maximum Gasteiger partial charge on any atom is 0.272 e. The highest BCUT2D eigenvalue weighted by atomic mass is 32.2. The summed E-state index contributed by atoms with van der Waals surface area (Å²) < 4.78 is 81.1. The summed E-state index contributed by atoms with van der Waals surface area (Å²) in [6.07, 6.45) is 3.94. The van der Waals surface area contributed by atoms with Gasteiger partial charge in [-0.15, -0.1) is 0 Å². The number of nitrogen functional groups attached to an aromatic ring is 1. The number of aromatic nitrogens is 2. The number of hydrogen-bond acceptors (Lipinski definition) is 7. The molecule has 4 aromatic rings. The Balaban J connectivity index is 1.15. The molecule has 48 heavy (non-hydrogen) atoms. The highest BCUT2D eigenvalue weighted by Gasteiger charge is 2.49. The number of carbonyl (C=O) groups excluding carboxylic acids is 1. The van der Waals surface area contributed by atoms with E-state index >= 15 is 0 Å². The molecule has 0 amide bonds. The molecule has 1 aromatic heterocycles. The van der Waals surface area contributed by atoms with Crippen LogP contribution >= 0.6 is 0 Å². The van der Waals surface area contributed by atoms with Gasteiger partial charge in [-0.05, 0) is 85.0 Å². The van der Waals surface area contributed by atoms with Gasteiger partial charge in [0.05, 0.1) is 28.9 Å². The molecule has 0 bridgehead atoms. The van der Waals surface area contributed by atoms with Crippen LogP contribution in [0.1, 0.15) is 52.7 Å². The molecule has 2 fully saturated rings. The van der Waals surface area contributed by atoms with E-state index in [1.165, 1.54) is 33.4 Å². The summed E-state index contributed by atoms with van der Waals surface area (Å²) in [5, 5.41) is 4.37.